The quantitative estimate of drug-likeness (QED) is 0.734. The van der Waals surface area contributed by atoms with Crippen molar-refractivity contribution in [1.29, 1.82) is 0 Å². The number of ether oxygens (including phenoxy) is 2. The number of fused-ring (bicyclic) bond motifs is 1. The number of rotatable bonds is 6. The lowest BCUT2D eigenvalue weighted by molar-refractivity contribution is -0.119. The van der Waals surface area contributed by atoms with Gasteiger partial charge in [-0.25, -0.2) is 0 Å². The van der Waals surface area contributed by atoms with Crippen LogP contribution < -0.4 is 14.8 Å². The first-order chi connectivity index (χ1) is 14.2. The van der Waals surface area contributed by atoms with Crippen LogP contribution >= 0.6 is 11.8 Å². The average Bonchev–Trinajstić information content (AvgIpc) is 2.73. The summed E-state index contributed by atoms with van der Waals surface area (Å²) in [7, 11) is 0. The van der Waals surface area contributed by atoms with Crippen molar-refractivity contribution in [3.05, 3.63) is 53.6 Å². The zero-order chi connectivity index (χ0) is 20.1. The molecule has 2 heterocycles. The number of thioether (sulfide) groups is 1. The maximum absolute atomic E-state index is 12.4. The minimum Gasteiger partial charge on any atom is -0.486 e. The molecule has 1 fully saturated rings. The third-order valence-electron chi connectivity index (χ3n) is 5.32. The van der Waals surface area contributed by atoms with E-state index in [9.17, 15) is 4.79 Å². The first-order valence-electron chi connectivity index (χ1n) is 10.3. The molecule has 1 saturated heterocycles. The highest BCUT2D eigenvalue weighted by molar-refractivity contribution is 8.00. The topological polar surface area (TPSA) is 50.8 Å². The number of carbonyl (C=O) groups is 1. The second kappa shape index (κ2) is 9.55. The van der Waals surface area contributed by atoms with E-state index in [1.807, 2.05) is 18.2 Å². The minimum atomic E-state index is 0.0991. The Labute approximate surface area is 176 Å². The fourth-order valence-corrected chi connectivity index (χ4v) is 4.57. The molecule has 0 radical (unpaired) electrons. The molecule has 2 aliphatic heterocycles. The van der Waals surface area contributed by atoms with Crippen molar-refractivity contribution >= 4 is 17.7 Å². The molecule has 0 spiro atoms. The van der Waals surface area contributed by atoms with Crippen molar-refractivity contribution < 1.29 is 14.3 Å². The molecule has 4 rings (SSSR count). The second-order valence-electron chi connectivity index (χ2n) is 7.70. The standard InChI is InChI=1S/C23H28N2O3S/c1-17-3-2-4-18(13-17)15-25-9-7-19(8-10-25)24-23(26)16-29-20-5-6-21-22(14-20)28-12-11-27-21/h2-6,13-14,19H,7-12,15-16H2,1H3,(H,24,26). The van der Waals surface area contributed by atoms with Gasteiger partial charge in [-0.05, 0) is 43.5 Å². The van der Waals surface area contributed by atoms with Gasteiger partial charge in [0.25, 0.3) is 0 Å². The number of hydrogen-bond acceptors (Lipinski definition) is 5. The van der Waals surface area contributed by atoms with Gasteiger partial charge in [-0.3, -0.25) is 9.69 Å². The molecule has 2 aromatic carbocycles. The highest BCUT2D eigenvalue weighted by atomic mass is 32.2. The zero-order valence-electron chi connectivity index (χ0n) is 16.9. The molecule has 0 atom stereocenters. The molecule has 5 nitrogen and oxygen atoms in total. The monoisotopic (exact) mass is 412 g/mol. The third-order valence-corrected chi connectivity index (χ3v) is 6.32. The van der Waals surface area contributed by atoms with E-state index in [1.54, 1.807) is 0 Å². The van der Waals surface area contributed by atoms with Crippen molar-refractivity contribution in [3.63, 3.8) is 0 Å². The van der Waals surface area contributed by atoms with E-state index in [2.05, 4.69) is 41.4 Å². The summed E-state index contributed by atoms with van der Waals surface area (Å²) in [5, 5.41) is 3.20. The van der Waals surface area contributed by atoms with Crippen LogP contribution in [0.5, 0.6) is 11.5 Å². The lowest BCUT2D eigenvalue weighted by Gasteiger charge is -2.32. The number of nitrogens with one attached hydrogen (secondary N) is 1. The molecule has 0 aliphatic carbocycles. The van der Waals surface area contributed by atoms with E-state index in [0.717, 1.165) is 48.9 Å². The Bertz CT molecular complexity index is 850. The highest BCUT2D eigenvalue weighted by Gasteiger charge is 2.21. The van der Waals surface area contributed by atoms with Gasteiger partial charge >= 0.3 is 0 Å². The molecule has 154 valence electrons. The van der Waals surface area contributed by atoms with Crippen LogP contribution in [0.25, 0.3) is 0 Å². The molecule has 0 bridgehead atoms. The van der Waals surface area contributed by atoms with Crippen LogP contribution in [-0.2, 0) is 11.3 Å². The number of piperidine rings is 1. The minimum absolute atomic E-state index is 0.0991. The lowest BCUT2D eigenvalue weighted by Crippen LogP contribution is -2.44. The first kappa shape index (κ1) is 20.1. The summed E-state index contributed by atoms with van der Waals surface area (Å²) in [6, 6.07) is 14.8. The van der Waals surface area contributed by atoms with Crippen LogP contribution in [0.3, 0.4) is 0 Å². The maximum Gasteiger partial charge on any atom is 0.230 e. The molecule has 0 saturated carbocycles. The Hall–Kier alpha value is -2.18. The van der Waals surface area contributed by atoms with Gasteiger partial charge in [-0.1, -0.05) is 29.8 Å². The summed E-state index contributed by atoms with van der Waals surface area (Å²) in [5.41, 5.74) is 2.67. The third kappa shape index (κ3) is 5.67. The van der Waals surface area contributed by atoms with Gasteiger partial charge < -0.3 is 14.8 Å². The molecule has 0 unspecified atom stereocenters. The van der Waals surface area contributed by atoms with Gasteiger partial charge in [0.15, 0.2) is 11.5 Å². The van der Waals surface area contributed by atoms with E-state index in [0.29, 0.717) is 19.0 Å². The molecular weight excluding hydrogens is 384 g/mol. The Morgan fingerprint density at radius 3 is 2.69 bits per heavy atom. The normalized spacial score (nSPS) is 17.1. The molecule has 1 N–H and O–H groups in total. The number of amides is 1. The molecule has 0 aromatic heterocycles. The molecular formula is C23H28N2O3S. The van der Waals surface area contributed by atoms with Crippen LogP contribution in [0.2, 0.25) is 0 Å². The van der Waals surface area contributed by atoms with Gasteiger partial charge in [0.1, 0.15) is 13.2 Å². The molecule has 2 aromatic rings. The lowest BCUT2D eigenvalue weighted by atomic mass is 10.0. The molecule has 29 heavy (non-hydrogen) atoms. The van der Waals surface area contributed by atoms with E-state index in [-0.39, 0.29) is 11.9 Å². The van der Waals surface area contributed by atoms with Gasteiger partial charge in [-0.2, -0.15) is 0 Å². The molecule has 6 heteroatoms. The van der Waals surface area contributed by atoms with Crippen molar-refractivity contribution in [1.82, 2.24) is 10.2 Å². The zero-order valence-corrected chi connectivity index (χ0v) is 17.7. The van der Waals surface area contributed by atoms with Gasteiger partial charge in [0.05, 0.1) is 5.75 Å². The number of carbonyl (C=O) groups excluding carboxylic acids is 1. The van der Waals surface area contributed by atoms with E-state index in [4.69, 9.17) is 9.47 Å². The molecule has 1 amide bonds. The SMILES string of the molecule is Cc1cccc(CN2CCC(NC(=O)CSc3ccc4c(c3)OCCO4)CC2)c1. The summed E-state index contributed by atoms with van der Waals surface area (Å²) in [5.74, 6) is 2.07. The Balaban J connectivity index is 1.19. The summed E-state index contributed by atoms with van der Waals surface area (Å²) in [6.45, 7) is 6.33. The summed E-state index contributed by atoms with van der Waals surface area (Å²) in [4.78, 5) is 15.9. The number of hydrogen-bond donors (Lipinski definition) is 1. The Kier molecular flexibility index (Phi) is 6.62. The van der Waals surface area contributed by atoms with Crippen LogP contribution in [-0.4, -0.2) is 48.9 Å². The summed E-state index contributed by atoms with van der Waals surface area (Å²) < 4.78 is 11.1. The van der Waals surface area contributed by atoms with E-state index in [1.165, 1.54) is 22.9 Å². The Morgan fingerprint density at radius 2 is 1.90 bits per heavy atom. The van der Waals surface area contributed by atoms with Crippen LogP contribution in [0.4, 0.5) is 0 Å². The number of nitrogens with zero attached hydrogens (tertiary/aromatic N) is 1. The van der Waals surface area contributed by atoms with Crippen LogP contribution in [0.15, 0.2) is 47.4 Å². The predicted molar refractivity (Wildman–Crippen MR) is 116 cm³/mol. The smallest absolute Gasteiger partial charge is 0.230 e. The van der Waals surface area contributed by atoms with E-state index >= 15 is 0 Å². The van der Waals surface area contributed by atoms with Crippen molar-refractivity contribution in [2.45, 2.75) is 37.2 Å². The van der Waals surface area contributed by atoms with Crippen molar-refractivity contribution in [2.24, 2.45) is 0 Å². The van der Waals surface area contributed by atoms with Gasteiger partial charge in [-0.15, -0.1) is 11.8 Å². The van der Waals surface area contributed by atoms with Gasteiger partial charge in [0.2, 0.25) is 5.91 Å². The average molecular weight is 413 g/mol. The predicted octanol–water partition coefficient (Wildman–Crippen LogP) is 3.64. The second-order valence-corrected chi connectivity index (χ2v) is 8.75. The number of likely N-dealkylation sites (tertiary alicyclic amines) is 1. The number of benzene rings is 2. The first-order valence-corrected chi connectivity index (χ1v) is 11.2. The largest absolute Gasteiger partial charge is 0.486 e. The fraction of sp³-hybridized carbons (Fsp3) is 0.435. The van der Waals surface area contributed by atoms with Crippen LogP contribution in [0.1, 0.15) is 24.0 Å². The van der Waals surface area contributed by atoms with Crippen molar-refractivity contribution in [3.8, 4) is 11.5 Å². The summed E-state index contributed by atoms with van der Waals surface area (Å²) in [6.07, 6.45) is 2.01. The van der Waals surface area contributed by atoms with E-state index < -0.39 is 0 Å². The summed E-state index contributed by atoms with van der Waals surface area (Å²) >= 11 is 1.54. The maximum atomic E-state index is 12.4. The molecule has 2 aliphatic rings. The van der Waals surface area contributed by atoms with Crippen molar-refractivity contribution in [2.75, 3.05) is 32.1 Å². The number of aryl methyl sites for hydroxylation is 1. The Morgan fingerprint density at radius 1 is 1.10 bits per heavy atom. The fourth-order valence-electron chi connectivity index (χ4n) is 3.84. The highest BCUT2D eigenvalue weighted by Crippen LogP contribution is 2.34. The van der Waals surface area contributed by atoms with Crippen LogP contribution in [0, 0.1) is 6.92 Å². The van der Waals surface area contributed by atoms with Gasteiger partial charge in [0, 0.05) is 30.6 Å².